The van der Waals surface area contributed by atoms with Crippen molar-refractivity contribution in [3.63, 3.8) is 0 Å². The summed E-state index contributed by atoms with van der Waals surface area (Å²) in [5, 5.41) is 11.8. The third-order valence-corrected chi connectivity index (χ3v) is 9.34. The van der Waals surface area contributed by atoms with Crippen LogP contribution >= 0.6 is 23.1 Å². The monoisotopic (exact) mass is 499 g/mol. The number of carboxylic acids is 1. The molecule has 6 rings (SSSR count). The highest BCUT2D eigenvalue weighted by molar-refractivity contribution is 8.03. The van der Waals surface area contributed by atoms with Crippen LogP contribution in [0.15, 0.2) is 93.4 Å². The lowest BCUT2D eigenvalue weighted by molar-refractivity contribution is -0.642. The standard InChI is InChI=1S/C29H26N2O2S2/c1-30-23-6-2-4-8-25(23)34-27(30)16-19-10-12-21-13-11-20(15-22(21)14-19)17-28-31(18-29(32)33)24-7-3-5-9-26(24)35-28/h2-9,14-17,21H,10-13,18H2,1H3/p+1. The van der Waals surface area contributed by atoms with E-state index in [9.17, 15) is 9.90 Å². The summed E-state index contributed by atoms with van der Waals surface area (Å²) in [5.41, 5.74) is 6.34. The van der Waals surface area contributed by atoms with Crippen molar-refractivity contribution >= 4 is 51.0 Å². The number of nitrogens with zero attached hydrogens (tertiary/aromatic N) is 2. The fourth-order valence-electron chi connectivity index (χ4n) is 5.26. The molecule has 0 saturated heterocycles. The first-order valence-electron chi connectivity index (χ1n) is 12.0. The van der Waals surface area contributed by atoms with Gasteiger partial charge in [0.15, 0.2) is 0 Å². The van der Waals surface area contributed by atoms with Crippen LogP contribution in [0, 0.1) is 5.92 Å². The number of carbonyl (C=O) groups is 1. The Morgan fingerprint density at radius 1 is 1.09 bits per heavy atom. The van der Waals surface area contributed by atoms with Crippen molar-refractivity contribution in [3.05, 3.63) is 93.5 Å². The summed E-state index contributed by atoms with van der Waals surface area (Å²) < 4.78 is 3.60. The number of para-hydroxylation sites is 2. The number of aryl methyl sites for hydroxylation is 1. The predicted molar refractivity (Wildman–Crippen MR) is 144 cm³/mol. The smallest absolute Gasteiger partial charge is 0.323 e. The van der Waals surface area contributed by atoms with Crippen molar-refractivity contribution in [2.45, 2.75) is 30.6 Å². The second-order valence-electron chi connectivity index (χ2n) is 9.36. The van der Waals surface area contributed by atoms with Gasteiger partial charge in [-0.25, -0.2) is 0 Å². The molecule has 35 heavy (non-hydrogen) atoms. The fraction of sp³-hybridized carbons (Fsp3) is 0.241. The highest BCUT2D eigenvalue weighted by Gasteiger charge is 2.28. The minimum absolute atomic E-state index is 0.0203. The van der Waals surface area contributed by atoms with Gasteiger partial charge >= 0.3 is 5.97 Å². The van der Waals surface area contributed by atoms with Crippen LogP contribution < -0.4 is 9.47 Å². The van der Waals surface area contributed by atoms with Gasteiger partial charge in [-0.3, -0.25) is 4.79 Å². The fourth-order valence-corrected chi connectivity index (χ4v) is 7.52. The summed E-state index contributed by atoms with van der Waals surface area (Å²) >= 11 is 3.51. The minimum Gasteiger partial charge on any atom is -0.480 e. The number of rotatable bonds is 4. The van der Waals surface area contributed by atoms with Crippen molar-refractivity contribution in [1.29, 1.82) is 0 Å². The number of fused-ring (bicyclic) bond motifs is 3. The van der Waals surface area contributed by atoms with Crippen molar-refractivity contribution in [1.82, 2.24) is 0 Å². The minimum atomic E-state index is -0.815. The lowest BCUT2D eigenvalue weighted by Gasteiger charge is -2.28. The van der Waals surface area contributed by atoms with E-state index in [1.807, 2.05) is 34.4 Å². The number of aliphatic carboxylic acids is 1. The van der Waals surface area contributed by atoms with E-state index in [0.717, 1.165) is 34.9 Å². The van der Waals surface area contributed by atoms with Crippen LogP contribution in [0.1, 0.15) is 30.7 Å². The van der Waals surface area contributed by atoms with Gasteiger partial charge in [0.05, 0.1) is 10.7 Å². The third-order valence-electron chi connectivity index (χ3n) is 7.06. The Kier molecular flexibility index (Phi) is 5.86. The van der Waals surface area contributed by atoms with E-state index in [1.165, 1.54) is 38.4 Å². The lowest BCUT2D eigenvalue weighted by Crippen LogP contribution is -2.29. The van der Waals surface area contributed by atoms with E-state index in [2.05, 4.69) is 66.3 Å². The third kappa shape index (κ3) is 4.37. The number of hydrogen-bond donors (Lipinski definition) is 1. The molecular weight excluding hydrogens is 472 g/mol. The Morgan fingerprint density at radius 2 is 1.89 bits per heavy atom. The molecule has 3 aliphatic rings. The zero-order chi connectivity index (χ0) is 23.9. The van der Waals surface area contributed by atoms with Gasteiger partial charge in [-0.1, -0.05) is 59.5 Å². The van der Waals surface area contributed by atoms with Gasteiger partial charge < -0.3 is 10.0 Å². The van der Waals surface area contributed by atoms with Crippen LogP contribution in [-0.2, 0) is 11.8 Å². The molecule has 0 spiro atoms. The molecular formula is C29H27N2O2S2+. The summed E-state index contributed by atoms with van der Waals surface area (Å²) in [6.07, 6.45) is 13.8. The Morgan fingerprint density at radius 3 is 2.74 bits per heavy atom. The molecule has 0 radical (unpaired) electrons. The average Bonchev–Trinajstić information content (AvgIpc) is 3.35. The maximum atomic E-state index is 11.5. The Bertz CT molecular complexity index is 1460. The number of aromatic nitrogens is 1. The predicted octanol–water partition coefficient (Wildman–Crippen LogP) is 6.70. The molecule has 0 saturated carbocycles. The van der Waals surface area contributed by atoms with Crippen LogP contribution in [0.3, 0.4) is 0 Å². The first-order valence-corrected chi connectivity index (χ1v) is 13.7. The molecule has 2 aromatic carbocycles. The van der Waals surface area contributed by atoms with E-state index >= 15 is 0 Å². The van der Waals surface area contributed by atoms with Gasteiger partial charge in [-0.05, 0) is 72.6 Å². The largest absolute Gasteiger partial charge is 0.480 e. The second-order valence-corrected chi connectivity index (χ2v) is 11.5. The molecule has 0 bridgehead atoms. The normalized spacial score (nSPS) is 21.7. The summed E-state index contributed by atoms with van der Waals surface area (Å²) in [6, 6.07) is 16.6. The highest BCUT2D eigenvalue weighted by atomic mass is 32.2. The molecule has 1 aromatic heterocycles. The number of allylic oxidation sites excluding steroid dienone is 6. The molecule has 4 nitrogen and oxygen atoms in total. The topological polar surface area (TPSA) is 44.4 Å². The van der Waals surface area contributed by atoms with E-state index < -0.39 is 5.97 Å². The zero-order valence-electron chi connectivity index (χ0n) is 19.6. The van der Waals surface area contributed by atoms with Gasteiger partial charge in [0, 0.05) is 17.0 Å². The Balaban J connectivity index is 1.31. The molecule has 2 aliphatic carbocycles. The van der Waals surface area contributed by atoms with Gasteiger partial charge in [0.2, 0.25) is 5.52 Å². The molecule has 3 aromatic rings. The van der Waals surface area contributed by atoms with E-state index in [-0.39, 0.29) is 6.54 Å². The number of carboxylic acid groups (broad SMARTS) is 1. The number of hydrogen-bond acceptors (Lipinski definition) is 4. The SMILES string of the molecule is C[n+]1c(C=C2C=C3C=C(C=C4Sc5ccccc5N4CC(=O)O)CCC3CC2)sc2ccccc21. The number of thiazole rings is 1. The first kappa shape index (κ1) is 22.4. The molecule has 1 atom stereocenters. The van der Waals surface area contributed by atoms with Gasteiger partial charge in [0.25, 0.3) is 5.01 Å². The average molecular weight is 500 g/mol. The van der Waals surface area contributed by atoms with Crippen LogP contribution in [0.5, 0.6) is 0 Å². The Hall–Kier alpha value is -3.09. The lowest BCUT2D eigenvalue weighted by atomic mass is 9.77. The van der Waals surface area contributed by atoms with Crippen LogP contribution in [0.25, 0.3) is 16.3 Å². The molecule has 0 fully saturated rings. The quantitative estimate of drug-likeness (QED) is 0.406. The summed E-state index contributed by atoms with van der Waals surface area (Å²) in [7, 11) is 2.15. The van der Waals surface area contributed by atoms with E-state index in [1.54, 1.807) is 11.8 Å². The highest BCUT2D eigenvalue weighted by Crippen LogP contribution is 2.47. The second kappa shape index (κ2) is 9.17. The van der Waals surface area contributed by atoms with Crippen molar-refractivity contribution in [2.24, 2.45) is 13.0 Å². The summed E-state index contributed by atoms with van der Waals surface area (Å²) in [4.78, 5) is 14.6. The maximum Gasteiger partial charge on any atom is 0.323 e. The van der Waals surface area contributed by atoms with Crippen molar-refractivity contribution < 1.29 is 14.5 Å². The van der Waals surface area contributed by atoms with Crippen LogP contribution in [0.2, 0.25) is 0 Å². The molecule has 1 N–H and O–H groups in total. The maximum absolute atomic E-state index is 11.5. The molecule has 1 unspecified atom stereocenters. The molecule has 2 heterocycles. The van der Waals surface area contributed by atoms with Gasteiger partial charge in [-0.2, -0.15) is 4.57 Å². The number of thioether (sulfide) groups is 1. The number of anilines is 1. The van der Waals surface area contributed by atoms with E-state index in [4.69, 9.17) is 0 Å². The number of benzene rings is 2. The summed E-state index contributed by atoms with van der Waals surface area (Å²) in [5.74, 6) is -0.195. The van der Waals surface area contributed by atoms with Crippen molar-refractivity contribution in [3.8, 4) is 0 Å². The molecule has 0 amide bonds. The van der Waals surface area contributed by atoms with Gasteiger partial charge in [-0.15, -0.1) is 0 Å². The Labute approximate surface area is 213 Å². The van der Waals surface area contributed by atoms with Gasteiger partial charge in [0.1, 0.15) is 18.3 Å². The van der Waals surface area contributed by atoms with E-state index in [0.29, 0.717) is 5.92 Å². The molecule has 176 valence electrons. The summed E-state index contributed by atoms with van der Waals surface area (Å²) in [6.45, 7) is -0.0203. The molecule has 1 aliphatic heterocycles. The first-order chi connectivity index (χ1) is 17.0. The zero-order valence-corrected chi connectivity index (χ0v) is 21.2. The van der Waals surface area contributed by atoms with Crippen LogP contribution in [-0.4, -0.2) is 17.6 Å². The molecule has 6 heteroatoms. The van der Waals surface area contributed by atoms with Crippen LogP contribution in [0.4, 0.5) is 5.69 Å². The van der Waals surface area contributed by atoms with Crippen molar-refractivity contribution in [2.75, 3.05) is 11.4 Å².